The fraction of sp³-hybridized carbons (Fsp3) is 0.350. The number of carbonyl (C=O) groups is 1. The Balaban J connectivity index is 1.66. The van der Waals surface area contributed by atoms with E-state index in [9.17, 15) is 13.2 Å². The smallest absolute Gasteiger partial charge is 0.263 e. The molecular weight excluding hydrogens is 380 g/mol. The number of carbonyl (C=O) groups excluding carboxylic acids is 1. The fourth-order valence-corrected chi connectivity index (χ4v) is 3.83. The minimum atomic E-state index is -3.53. The van der Waals surface area contributed by atoms with Gasteiger partial charge in [0.1, 0.15) is 11.5 Å². The van der Waals surface area contributed by atoms with Crippen LogP contribution in [0.25, 0.3) is 0 Å². The predicted octanol–water partition coefficient (Wildman–Crippen LogP) is 2.32. The Bertz CT molecular complexity index is 941. The van der Waals surface area contributed by atoms with Gasteiger partial charge in [-0.05, 0) is 43.7 Å². The molecule has 7 nitrogen and oxygen atoms in total. The van der Waals surface area contributed by atoms with Crippen LogP contribution >= 0.6 is 0 Å². The number of sulfonamides is 1. The number of para-hydroxylation sites is 2. The molecule has 1 atom stereocenters. The van der Waals surface area contributed by atoms with Gasteiger partial charge in [-0.15, -0.1) is 0 Å². The summed E-state index contributed by atoms with van der Waals surface area (Å²) in [5.41, 5.74) is 1.34. The van der Waals surface area contributed by atoms with Gasteiger partial charge in [-0.25, -0.2) is 8.42 Å². The van der Waals surface area contributed by atoms with Gasteiger partial charge < -0.3 is 14.8 Å². The van der Waals surface area contributed by atoms with E-state index in [1.165, 1.54) is 4.31 Å². The molecule has 0 fully saturated rings. The third-order valence-electron chi connectivity index (χ3n) is 4.19. The Morgan fingerprint density at radius 1 is 1.21 bits per heavy atom. The molecule has 0 spiro atoms. The normalized spacial score (nSPS) is 16.3. The maximum absolute atomic E-state index is 12.6. The average molecular weight is 404 g/mol. The first kappa shape index (κ1) is 20.0. The number of ether oxygens (including phenoxy) is 2. The van der Waals surface area contributed by atoms with E-state index in [1.54, 1.807) is 24.3 Å². The molecule has 2 aromatic rings. The van der Waals surface area contributed by atoms with Crippen molar-refractivity contribution in [2.75, 3.05) is 17.1 Å². The van der Waals surface area contributed by atoms with Crippen LogP contribution in [0.3, 0.4) is 0 Å². The zero-order valence-electron chi connectivity index (χ0n) is 16.1. The van der Waals surface area contributed by atoms with Crippen LogP contribution in [-0.2, 0) is 21.4 Å². The van der Waals surface area contributed by atoms with Crippen molar-refractivity contribution >= 4 is 21.6 Å². The molecule has 0 saturated carbocycles. The van der Waals surface area contributed by atoms with E-state index >= 15 is 0 Å². The van der Waals surface area contributed by atoms with Crippen LogP contribution in [0.1, 0.15) is 19.4 Å². The lowest BCUT2D eigenvalue weighted by atomic mass is 10.2. The minimum Gasteiger partial charge on any atom is -0.491 e. The third kappa shape index (κ3) is 4.75. The second-order valence-corrected chi connectivity index (χ2v) is 8.80. The third-order valence-corrected chi connectivity index (χ3v) is 5.34. The highest BCUT2D eigenvalue weighted by Gasteiger charge is 2.34. The summed E-state index contributed by atoms with van der Waals surface area (Å²) in [5, 5.41) is 2.81. The van der Waals surface area contributed by atoms with Gasteiger partial charge in [-0.3, -0.25) is 9.10 Å². The van der Waals surface area contributed by atoms with Crippen molar-refractivity contribution in [3.05, 3.63) is 54.1 Å². The van der Waals surface area contributed by atoms with E-state index in [-0.39, 0.29) is 18.6 Å². The summed E-state index contributed by atoms with van der Waals surface area (Å²) < 4.78 is 36.8. The molecule has 1 amide bonds. The summed E-state index contributed by atoms with van der Waals surface area (Å²) in [6.07, 6.45) is 0.285. The van der Waals surface area contributed by atoms with Crippen LogP contribution in [0.5, 0.6) is 11.5 Å². The standard InChI is InChI=1S/C20H24N2O5S/c1-14(2)26-16-10-8-15(9-11-16)12-21-20(23)19-13-22(28(3,24)25)17-6-4-5-7-18(17)27-19/h4-11,14,19H,12-13H2,1-3H3,(H,21,23). The summed E-state index contributed by atoms with van der Waals surface area (Å²) in [7, 11) is -3.53. The number of nitrogens with zero attached hydrogens (tertiary/aromatic N) is 1. The Hall–Kier alpha value is -2.74. The van der Waals surface area contributed by atoms with Crippen LogP contribution in [0.4, 0.5) is 5.69 Å². The number of benzene rings is 2. The van der Waals surface area contributed by atoms with Crippen LogP contribution in [-0.4, -0.2) is 39.3 Å². The summed E-state index contributed by atoms with van der Waals surface area (Å²) in [6, 6.07) is 14.2. The highest BCUT2D eigenvalue weighted by Crippen LogP contribution is 2.34. The monoisotopic (exact) mass is 404 g/mol. The van der Waals surface area contributed by atoms with Crippen molar-refractivity contribution in [1.29, 1.82) is 0 Å². The van der Waals surface area contributed by atoms with Crippen molar-refractivity contribution in [2.45, 2.75) is 32.6 Å². The molecule has 0 radical (unpaired) electrons. The molecular formula is C20H24N2O5S. The molecule has 0 aromatic heterocycles. The topological polar surface area (TPSA) is 84.9 Å². The number of rotatable bonds is 6. The Morgan fingerprint density at radius 2 is 1.89 bits per heavy atom. The molecule has 0 saturated heterocycles. The van der Waals surface area contributed by atoms with Crippen molar-refractivity contribution in [3.63, 3.8) is 0 Å². The quantitative estimate of drug-likeness (QED) is 0.799. The van der Waals surface area contributed by atoms with Gasteiger partial charge in [0.15, 0.2) is 6.10 Å². The molecule has 3 rings (SSSR count). The number of hydrogen-bond acceptors (Lipinski definition) is 5. The van der Waals surface area contributed by atoms with Crippen molar-refractivity contribution < 1.29 is 22.7 Å². The lowest BCUT2D eigenvalue weighted by molar-refractivity contribution is -0.127. The number of nitrogens with one attached hydrogen (secondary N) is 1. The molecule has 28 heavy (non-hydrogen) atoms. The van der Waals surface area contributed by atoms with E-state index < -0.39 is 16.1 Å². The van der Waals surface area contributed by atoms with Gasteiger partial charge in [0.2, 0.25) is 10.0 Å². The van der Waals surface area contributed by atoms with E-state index in [0.717, 1.165) is 17.6 Å². The molecule has 0 bridgehead atoms. The summed E-state index contributed by atoms with van der Waals surface area (Å²) in [4.78, 5) is 12.6. The largest absolute Gasteiger partial charge is 0.491 e. The predicted molar refractivity (Wildman–Crippen MR) is 107 cm³/mol. The van der Waals surface area contributed by atoms with Gasteiger partial charge >= 0.3 is 0 Å². The fourth-order valence-electron chi connectivity index (χ4n) is 2.91. The zero-order chi connectivity index (χ0) is 20.3. The van der Waals surface area contributed by atoms with Crippen molar-refractivity contribution in [1.82, 2.24) is 5.32 Å². The second kappa shape index (κ2) is 8.10. The summed E-state index contributed by atoms with van der Waals surface area (Å²) in [6.45, 7) is 4.15. The van der Waals surface area contributed by atoms with Crippen LogP contribution < -0.4 is 19.1 Å². The first-order valence-corrected chi connectivity index (χ1v) is 10.9. The van der Waals surface area contributed by atoms with Gasteiger partial charge in [0, 0.05) is 6.54 Å². The van der Waals surface area contributed by atoms with Crippen LogP contribution in [0.15, 0.2) is 48.5 Å². The van der Waals surface area contributed by atoms with Gasteiger partial charge in [-0.1, -0.05) is 24.3 Å². The molecule has 1 aliphatic rings. The second-order valence-electron chi connectivity index (χ2n) is 6.90. The highest BCUT2D eigenvalue weighted by molar-refractivity contribution is 7.92. The lowest BCUT2D eigenvalue weighted by Gasteiger charge is -2.33. The summed E-state index contributed by atoms with van der Waals surface area (Å²) in [5.74, 6) is 0.765. The first-order chi connectivity index (χ1) is 13.2. The average Bonchev–Trinajstić information content (AvgIpc) is 2.65. The van der Waals surface area contributed by atoms with E-state index in [2.05, 4.69) is 5.32 Å². The van der Waals surface area contributed by atoms with Gasteiger partial charge in [0.05, 0.1) is 24.6 Å². The molecule has 1 heterocycles. The maximum Gasteiger partial charge on any atom is 0.263 e. The lowest BCUT2D eigenvalue weighted by Crippen LogP contribution is -2.50. The van der Waals surface area contributed by atoms with Crippen LogP contribution in [0, 0.1) is 0 Å². The Labute approximate surface area is 165 Å². The zero-order valence-corrected chi connectivity index (χ0v) is 16.9. The molecule has 1 aliphatic heterocycles. The number of hydrogen-bond donors (Lipinski definition) is 1. The van der Waals surface area contributed by atoms with E-state index in [0.29, 0.717) is 18.0 Å². The molecule has 2 aromatic carbocycles. The number of anilines is 1. The molecule has 8 heteroatoms. The number of fused-ring (bicyclic) bond motifs is 1. The van der Waals surface area contributed by atoms with Crippen molar-refractivity contribution in [2.24, 2.45) is 0 Å². The summed E-state index contributed by atoms with van der Waals surface area (Å²) >= 11 is 0. The van der Waals surface area contributed by atoms with Gasteiger partial charge in [-0.2, -0.15) is 0 Å². The SMILES string of the molecule is CC(C)Oc1ccc(CNC(=O)C2CN(S(C)(=O)=O)c3ccccc3O2)cc1. The molecule has 1 N–H and O–H groups in total. The Morgan fingerprint density at radius 3 is 2.54 bits per heavy atom. The molecule has 0 aliphatic carbocycles. The van der Waals surface area contributed by atoms with Crippen LogP contribution in [0.2, 0.25) is 0 Å². The minimum absolute atomic E-state index is 0.0666. The Kier molecular flexibility index (Phi) is 5.79. The van der Waals surface area contributed by atoms with E-state index in [1.807, 2.05) is 38.1 Å². The van der Waals surface area contributed by atoms with Crippen molar-refractivity contribution in [3.8, 4) is 11.5 Å². The van der Waals surface area contributed by atoms with E-state index in [4.69, 9.17) is 9.47 Å². The molecule has 1 unspecified atom stereocenters. The molecule has 150 valence electrons. The first-order valence-electron chi connectivity index (χ1n) is 9.01. The van der Waals surface area contributed by atoms with Gasteiger partial charge in [0.25, 0.3) is 5.91 Å². The highest BCUT2D eigenvalue weighted by atomic mass is 32.2. The maximum atomic E-state index is 12.6. The number of amides is 1.